The van der Waals surface area contributed by atoms with Crippen molar-refractivity contribution < 1.29 is 4.79 Å². The van der Waals surface area contributed by atoms with Gasteiger partial charge in [0, 0.05) is 33.6 Å². The minimum atomic E-state index is -0.0745. The minimum absolute atomic E-state index is 0.0745. The van der Waals surface area contributed by atoms with E-state index in [2.05, 4.69) is 15.4 Å². The van der Waals surface area contributed by atoms with Crippen LogP contribution in [0.4, 0.5) is 5.69 Å². The van der Waals surface area contributed by atoms with Crippen LogP contribution in [0.2, 0.25) is 5.02 Å². The summed E-state index contributed by atoms with van der Waals surface area (Å²) in [5.74, 6) is 0.187. The quantitative estimate of drug-likeness (QED) is 0.401. The Bertz CT molecular complexity index is 1160. The predicted octanol–water partition coefficient (Wildman–Crippen LogP) is 5.50. The summed E-state index contributed by atoms with van der Waals surface area (Å²) < 4.78 is 1.78. The fourth-order valence-corrected chi connectivity index (χ4v) is 4.16. The van der Waals surface area contributed by atoms with E-state index < -0.39 is 0 Å². The number of nitrogens with zero attached hydrogens (tertiary/aromatic N) is 3. The molecule has 2 aromatic carbocycles. The van der Waals surface area contributed by atoms with Crippen molar-refractivity contribution in [2.45, 2.75) is 9.92 Å². The van der Waals surface area contributed by atoms with Crippen LogP contribution in [0.1, 0.15) is 0 Å². The van der Waals surface area contributed by atoms with E-state index in [1.807, 2.05) is 60.9 Å². The summed E-state index contributed by atoms with van der Waals surface area (Å²) in [6.45, 7) is 0. The maximum Gasteiger partial charge on any atom is 0.234 e. The normalized spacial score (nSPS) is 11.0. The van der Waals surface area contributed by atoms with Gasteiger partial charge in [-0.05, 0) is 42.7 Å². The molecular formula is C21H17ClN4OS2. The van der Waals surface area contributed by atoms with Gasteiger partial charge in [0.1, 0.15) is 5.03 Å². The Labute approximate surface area is 181 Å². The third kappa shape index (κ3) is 4.75. The summed E-state index contributed by atoms with van der Waals surface area (Å²) in [6.07, 6.45) is 5.49. The van der Waals surface area contributed by atoms with E-state index in [1.54, 1.807) is 28.7 Å². The Morgan fingerprint density at radius 3 is 2.79 bits per heavy atom. The summed E-state index contributed by atoms with van der Waals surface area (Å²) in [4.78, 5) is 17.9. The predicted molar refractivity (Wildman–Crippen MR) is 121 cm³/mol. The molecular weight excluding hydrogens is 424 g/mol. The van der Waals surface area contributed by atoms with E-state index in [9.17, 15) is 4.79 Å². The molecule has 29 heavy (non-hydrogen) atoms. The number of thioether (sulfide) groups is 2. The third-order valence-electron chi connectivity index (χ3n) is 4.19. The standard InChI is InChI=1S/C21H17ClN4OS2/c1-28-17-4-2-3-16(11-17)24-20(27)13-29-21-19-12-18(25-26(19)10-9-23-21)14-5-7-15(22)8-6-14/h2-12H,13H2,1H3,(H,24,27). The zero-order chi connectivity index (χ0) is 20.2. The highest BCUT2D eigenvalue weighted by molar-refractivity contribution is 8.00. The van der Waals surface area contributed by atoms with Crippen LogP contribution in [0.5, 0.6) is 0 Å². The van der Waals surface area contributed by atoms with Crippen molar-refractivity contribution >= 4 is 52.2 Å². The average Bonchev–Trinajstić information content (AvgIpc) is 3.18. The minimum Gasteiger partial charge on any atom is -0.325 e. The molecule has 2 aromatic heterocycles. The molecule has 0 saturated carbocycles. The molecule has 1 amide bonds. The molecule has 0 spiro atoms. The van der Waals surface area contributed by atoms with Crippen molar-refractivity contribution in [2.75, 3.05) is 17.3 Å². The van der Waals surface area contributed by atoms with Gasteiger partial charge in [-0.3, -0.25) is 4.79 Å². The highest BCUT2D eigenvalue weighted by Gasteiger charge is 2.12. The first kappa shape index (κ1) is 19.8. The lowest BCUT2D eigenvalue weighted by atomic mass is 10.1. The van der Waals surface area contributed by atoms with Gasteiger partial charge in [0.2, 0.25) is 5.91 Å². The van der Waals surface area contributed by atoms with Gasteiger partial charge >= 0.3 is 0 Å². The van der Waals surface area contributed by atoms with E-state index >= 15 is 0 Å². The summed E-state index contributed by atoms with van der Waals surface area (Å²) in [5, 5.41) is 8.98. The molecule has 0 saturated heterocycles. The molecule has 1 N–H and O–H groups in total. The maximum absolute atomic E-state index is 12.4. The fourth-order valence-electron chi connectivity index (χ4n) is 2.80. The first-order chi connectivity index (χ1) is 14.1. The molecule has 0 aliphatic carbocycles. The van der Waals surface area contributed by atoms with Crippen LogP contribution in [0.15, 0.2) is 76.9 Å². The molecule has 0 unspecified atom stereocenters. The molecule has 0 bridgehead atoms. The van der Waals surface area contributed by atoms with Crippen molar-refractivity contribution in [1.29, 1.82) is 0 Å². The van der Waals surface area contributed by atoms with Crippen LogP contribution in [-0.4, -0.2) is 32.5 Å². The van der Waals surface area contributed by atoms with Crippen LogP contribution in [0.25, 0.3) is 16.8 Å². The molecule has 0 aliphatic rings. The van der Waals surface area contributed by atoms with Crippen LogP contribution < -0.4 is 5.32 Å². The van der Waals surface area contributed by atoms with E-state index in [0.717, 1.165) is 32.4 Å². The largest absolute Gasteiger partial charge is 0.325 e. The number of rotatable bonds is 6. The van der Waals surface area contributed by atoms with Gasteiger partial charge in [-0.15, -0.1) is 11.8 Å². The van der Waals surface area contributed by atoms with Gasteiger partial charge < -0.3 is 5.32 Å². The Balaban J connectivity index is 1.49. The molecule has 0 radical (unpaired) electrons. The number of anilines is 1. The molecule has 5 nitrogen and oxygen atoms in total. The smallest absolute Gasteiger partial charge is 0.234 e. The molecule has 4 rings (SSSR count). The van der Waals surface area contributed by atoms with Crippen molar-refractivity contribution in [3.05, 3.63) is 72.0 Å². The Kier molecular flexibility index (Phi) is 6.08. The second-order valence-corrected chi connectivity index (χ2v) is 8.45. The second kappa shape index (κ2) is 8.90. The third-order valence-corrected chi connectivity index (χ3v) is 6.16. The number of hydrogen-bond acceptors (Lipinski definition) is 5. The fraction of sp³-hybridized carbons (Fsp3) is 0.0952. The van der Waals surface area contributed by atoms with Gasteiger partial charge in [-0.2, -0.15) is 5.10 Å². The molecule has 4 aromatic rings. The molecule has 2 heterocycles. The monoisotopic (exact) mass is 440 g/mol. The van der Waals surface area contributed by atoms with Gasteiger partial charge in [-0.25, -0.2) is 9.50 Å². The number of hydrogen-bond donors (Lipinski definition) is 1. The maximum atomic E-state index is 12.4. The molecule has 8 heteroatoms. The number of amides is 1. The zero-order valence-electron chi connectivity index (χ0n) is 15.5. The Morgan fingerprint density at radius 2 is 2.00 bits per heavy atom. The van der Waals surface area contributed by atoms with Crippen LogP contribution in [0.3, 0.4) is 0 Å². The molecule has 0 fully saturated rings. The molecule has 146 valence electrons. The number of halogens is 1. The summed E-state index contributed by atoms with van der Waals surface area (Å²) in [7, 11) is 0. The number of carbonyl (C=O) groups excluding carboxylic acids is 1. The van der Waals surface area contributed by atoms with Crippen LogP contribution in [0, 0.1) is 0 Å². The average molecular weight is 441 g/mol. The van der Waals surface area contributed by atoms with Crippen LogP contribution in [-0.2, 0) is 4.79 Å². The number of aromatic nitrogens is 3. The number of carbonyl (C=O) groups is 1. The number of benzene rings is 2. The lowest BCUT2D eigenvalue weighted by molar-refractivity contribution is -0.113. The van der Waals surface area contributed by atoms with Crippen molar-refractivity contribution in [2.24, 2.45) is 0 Å². The topological polar surface area (TPSA) is 59.3 Å². The summed E-state index contributed by atoms with van der Waals surface area (Å²) in [6, 6.07) is 17.3. The van der Waals surface area contributed by atoms with E-state index in [-0.39, 0.29) is 11.7 Å². The first-order valence-corrected chi connectivity index (χ1v) is 11.4. The lowest BCUT2D eigenvalue weighted by Gasteiger charge is -2.06. The molecule has 0 atom stereocenters. The summed E-state index contributed by atoms with van der Waals surface area (Å²) in [5.41, 5.74) is 3.46. The highest BCUT2D eigenvalue weighted by Crippen LogP contribution is 2.27. The highest BCUT2D eigenvalue weighted by atomic mass is 35.5. The summed E-state index contributed by atoms with van der Waals surface area (Å²) >= 11 is 9.00. The van der Waals surface area contributed by atoms with Crippen LogP contribution >= 0.6 is 35.1 Å². The number of nitrogens with one attached hydrogen (secondary N) is 1. The Hall–Kier alpha value is -2.48. The van der Waals surface area contributed by atoms with E-state index in [4.69, 9.17) is 11.6 Å². The van der Waals surface area contributed by atoms with Crippen molar-refractivity contribution in [3.63, 3.8) is 0 Å². The second-order valence-electron chi connectivity index (χ2n) is 6.17. The van der Waals surface area contributed by atoms with E-state index in [0.29, 0.717) is 5.02 Å². The van der Waals surface area contributed by atoms with Crippen molar-refractivity contribution in [1.82, 2.24) is 14.6 Å². The van der Waals surface area contributed by atoms with Gasteiger partial charge in [0.25, 0.3) is 0 Å². The van der Waals surface area contributed by atoms with Gasteiger partial charge in [0.05, 0.1) is 17.0 Å². The first-order valence-electron chi connectivity index (χ1n) is 8.79. The number of fused-ring (bicyclic) bond motifs is 1. The SMILES string of the molecule is CSc1cccc(NC(=O)CSc2nccn3nc(-c4ccc(Cl)cc4)cc23)c1. The van der Waals surface area contributed by atoms with E-state index in [1.165, 1.54) is 11.8 Å². The van der Waals surface area contributed by atoms with Gasteiger partial charge in [0.15, 0.2) is 0 Å². The van der Waals surface area contributed by atoms with Gasteiger partial charge in [-0.1, -0.05) is 41.6 Å². The molecule has 0 aliphatic heterocycles. The zero-order valence-corrected chi connectivity index (χ0v) is 17.9. The lowest BCUT2D eigenvalue weighted by Crippen LogP contribution is -2.14. The Morgan fingerprint density at radius 1 is 1.17 bits per heavy atom. The van der Waals surface area contributed by atoms with Crippen molar-refractivity contribution in [3.8, 4) is 11.3 Å².